The van der Waals surface area contributed by atoms with Gasteiger partial charge in [-0.15, -0.1) is 0 Å². The predicted octanol–water partition coefficient (Wildman–Crippen LogP) is 4.03. The number of hydrogen-bond donors (Lipinski definition) is 2. The number of hydrogen-bond acceptors (Lipinski definition) is 2. The van der Waals surface area contributed by atoms with Gasteiger partial charge in [0.05, 0.1) is 0 Å². The summed E-state index contributed by atoms with van der Waals surface area (Å²) in [6.07, 6.45) is 1.98. The fraction of sp³-hybridized carbons (Fsp3) is 0.333. The van der Waals surface area contributed by atoms with Gasteiger partial charge >= 0.3 is 0 Å². The zero-order valence-corrected chi connectivity index (χ0v) is 12.6. The second-order valence-electron chi connectivity index (χ2n) is 6.04. The molecule has 0 aromatic heterocycles. The van der Waals surface area contributed by atoms with Crippen molar-refractivity contribution in [2.24, 2.45) is 0 Å². The van der Waals surface area contributed by atoms with E-state index in [1.807, 2.05) is 18.2 Å². The summed E-state index contributed by atoms with van der Waals surface area (Å²) >= 11 is 0. The van der Waals surface area contributed by atoms with Gasteiger partial charge in [0.15, 0.2) is 0 Å². The third kappa shape index (κ3) is 5.20. The topological polar surface area (TPSA) is 32.3 Å². The maximum Gasteiger partial charge on any atom is 0.127 e. The van der Waals surface area contributed by atoms with Crippen molar-refractivity contribution in [2.75, 3.05) is 0 Å². The van der Waals surface area contributed by atoms with Gasteiger partial charge in [0.1, 0.15) is 11.6 Å². The first-order chi connectivity index (χ1) is 9.94. The molecule has 2 aromatic rings. The van der Waals surface area contributed by atoms with Crippen LogP contribution >= 0.6 is 0 Å². The molecule has 0 saturated heterocycles. The first kappa shape index (κ1) is 15.5. The molecule has 21 heavy (non-hydrogen) atoms. The van der Waals surface area contributed by atoms with Crippen molar-refractivity contribution in [3.8, 4) is 5.75 Å². The lowest BCUT2D eigenvalue weighted by Crippen LogP contribution is -2.39. The molecule has 2 N–H and O–H groups in total. The smallest absolute Gasteiger partial charge is 0.127 e. The molecule has 0 heterocycles. The molecule has 0 aliphatic carbocycles. The highest BCUT2D eigenvalue weighted by Gasteiger charge is 2.17. The minimum atomic E-state index is -0.408. The molecule has 0 atom stereocenters. The van der Waals surface area contributed by atoms with Crippen LogP contribution in [0, 0.1) is 5.82 Å². The minimum Gasteiger partial charge on any atom is -0.508 e. The summed E-state index contributed by atoms with van der Waals surface area (Å²) in [5.41, 5.74) is 2.01. The highest BCUT2D eigenvalue weighted by Crippen LogP contribution is 2.17. The Morgan fingerprint density at radius 1 is 1.05 bits per heavy atom. The van der Waals surface area contributed by atoms with E-state index in [0.717, 1.165) is 24.5 Å². The Morgan fingerprint density at radius 3 is 2.43 bits per heavy atom. The Hall–Kier alpha value is -1.87. The van der Waals surface area contributed by atoms with Crippen LogP contribution in [-0.4, -0.2) is 10.6 Å². The van der Waals surface area contributed by atoms with Crippen LogP contribution in [0.15, 0.2) is 48.5 Å². The van der Waals surface area contributed by atoms with Gasteiger partial charge in [-0.2, -0.15) is 0 Å². The van der Waals surface area contributed by atoms with Crippen LogP contribution in [-0.2, 0) is 13.0 Å². The molecule has 0 unspecified atom stereocenters. The summed E-state index contributed by atoms with van der Waals surface area (Å²) < 4.78 is 13.2. The molecule has 2 rings (SSSR count). The molecule has 112 valence electrons. The molecular weight excluding hydrogens is 265 g/mol. The van der Waals surface area contributed by atoms with Gasteiger partial charge in [0, 0.05) is 18.2 Å². The Morgan fingerprint density at radius 2 is 1.76 bits per heavy atom. The Labute approximate surface area is 125 Å². The van der Waals surface area contributed by atoms with E-state index >= 15 is 0 Å². The van der Waals surface area contributed by atoms with Crippen molar-refractivity contribution in [3.63, 3.8) is 0 Å². The van der Waals surface area contributed by atoms with Crippen LogP contribution in [0.25, 0.3) is 0 Å². The van der Waals surface area contributed by atoms with E-state index < -0.39 is 5.82 Å². The van der Waals surface area contributed by atoms with Gasteiger partial charge in [0.2, 0.25) is 0 Å². The van der Waals surface area contributed by atoms with E-state index in [0.29, 0.717) is 6.54 Å². The van der Waals surface area contributed by atoms with Crippen molar-refractivity contribution >= 4 is 0 Å². The number of rotatable bonds is 6. The van der Waals surface area contributed by atoms with Gasteiger partial charge in [-0.1, -0.05) is 30.3 Å². The average molecular weight is 287 g/mol. The summed E-state index contributed by atoms with van der Waals surface area (Å²) in [7, 11) is 0. The fourth-order valence-electron chi connectivity index (χ4n) is 2.27. The lowest BCUT2D eigenvalue weighted by atomic mass is 9.95. The SMILES string of the molecule is CC(C)(CCc1ccccc1)NCc1cc(O)cc(F)c1. The quantitative estimate of drug-likeness (QED) is 0.840. The maximum absolute atomic E-state index is 13.2. The lowest BCUT2D eigenvalue weighted by Gasteiger charge is -2.26. The number of phenolic OH excluding ortho intramolecular Hbond substituents is 1. The summed E-state index contributed by atoms with van der Waals surface area (Å²) in [5, 5.41) is 12.8. The van der Waals surface area contributed by atoms with E-state index in [9.17, 15) is 9.50 Å². The number of phenols is 1. The van der Waals surface area contributed by atoms with E-state index in [4.69, 9.17) is 0 Å². The zero-order chi connectivity index (χ0) is 15.3. The minimum absolute atomic E-state index is 0.0334. The third-order valence-electron chi connectivity index (χ3n) is 3.59. The molecule has 0 aliphatic heterocycles. The third-order valence-corrected chi connectivity index (χ3v) is 3.59. The Balaban J connectivity index is 1.88. The van der Waals surface area contributed by atoms with Crippen molar-refractivity contribution in [1.82, 2.24) is 5.32 Å². The van der Waals surface area contributed by atoms with Gasteiger partial charge in [0.25, 0.3) is 0 Å². The van der Waals surface area contributed by atoms with E-state index in [1.165, 1.54) is 11.6 Å². The van der Waals surface area contributed by atoms with Crippen LogP contribution < -0.4 is 5.32 Å². The molecule has 0 fully saturated rings. The molecular formula is C18H22FNO. The van der Waals surface area contributed by atoms with Crippen molar-refractivity contribution in [3.05, 3.63) is 65.5 Å². The first-order valence-corrected chi connectivity index (χ1v) is 7.22. The van der Waals surface area contributed by atoms with E-state index in [2.05, 4.69) is 31.3 Å². The Kier molecular flexibility index (Phi) is 4.97. The fourth-order valence-corrected chi connectivity index (χ4v) is 2.27. The van der Waals surface area contributed by atoms with Gasteiger partial charge in [-0.3, -0.25) is 0 Å². The molecule has 0 radical (unpaired) electrons. The molecule has 2 nitrogen and oxygen atoms in total. The number of halogens is 1. The summed E-state index contributed by atoms with van der Waals surface area (Å²) in [6, 6.07) is 14.5. The highest BCUT2D eigenvalue weighted by molar-refractivity contribution is 5.28. The molecule has 0 bridgehead atoms. The summed E-state index contributed by atoms with van der Waals surface area (Å²) in [5.74, 6) is -0.442. The Bertz CT molecular complexity index is 561. The average Bonchev–Trinajstić information content (AvgIpc) is 2.44. The van der Waals surface area contributed by atoms with Gasteiger partial charge in [-0.25, -0.2) is 4.39 Å². The lowest BCUT2D eigenvalue weighted by molar-refractivity contribution is 0.359. The van der Waals surface area contributed by atoms with Gasteiger partial charge < -0.3 is 10.4 Å². The van der Waals surface area contributed by atoms with Crippen molar-refractivity contribution in [2.45, 2.75) is 38.8 Å². The normalized spacial score (nSPS) is 11.6. The predicted molar refractivity (Wildman–Crippen MR) is 83.7 cm³/mol. The van der Waals surface area contributed by atoms with Crippen LogP contribution in [0.4, 0.5) is 4.39 Å². The monoisotopic (exact) mass is 287 g/mol. The maximum atomic E-state index is 13.2. The second-order valence-corrected chi connectivity index (χ2v) is 6.04. The first-order valence-electron chi connectivity index (χ1n) is 7.22. The highest BCUT2D eigenvalue weighted by atomic mass is 19.1. The second kappa shape index (κ2) is 6.72. The zero-order valence-electron chi connectivity index (χ0n) is 12.6. The largest absolute Gasteiger partial charge is 0.508 e. The van der Waals surface area contributed by atoms with Gasteiger partial charge in [-0.05, 0) is 49.9 Å². The molecule has 0 saturated carbocycles. The molecule has 0 aliphatic rings. The molecule has 0 amide bonds. The summed E-state index contributed by atoms with van der Waals surface area (Å²) in [4.78, 5) is 0. The van der Waals surface area contributed by atoms with E-state index in [-0.39, 0.29) is 11.3 Å². The van der Waals surface area contributed by atoms with Crippen molar-refractivity contribution in [1.29, 1.82) is 0 Å². The van der Waals surface area contributed by atoms with Crippen molar-refractivity contribution < 1.29 is 9.50 Å². The summed E-state index contributed by atoms with van der Waals surface area (Å²) in [6.45, 7) is 4.80. The number of nitrogens with one attached hydrogen (secondary N) is 1. The van der Waals surface area contributed by atoms with E-state index in [1.54, 1.807) is 6.07 Å². The standard InChI is InChI=1S/C18H22FNO/c1-18(2,9-8-14-6-4-3-5-7-14)20-13-15-10-16(19)12-17(21)11-15/h3-7,10-12,20-21H,8-9,13H2,1-2H3. The van der Waals surface area contributed by atoms with Crippen LogP contribution in [0.3, 0.4) is 0 Å². The number of benzene rings is 2. The molecule has 3 heteroatoms. The molecule has 0 spiro atoms. The molecule has 2 aromatic carbocycles. The van der Waals surface area contributed by atoms with Crippen LogP contribution in [0.5, 0.6) is 5.75 Å². The number of aromatic hydroxyl groups is 1. The number of aryl methyl sites for hydroxylation is 1. The van der Waals surface area contributed by atoms with Crippen LogP contribution in [0.2, 0.25) is 0 Å². The van der Waals surface area contributed by atoms with Crippen LogP contribution in [0.1, 0.15) is 31.4 Å².